The molecule has 1 fully saturated rings. The van der Waals surface area contributed by atoms with Crippen LogP contribution in [0.1, 0.15) is 31.7 Å². The number of para-hydroxylation sites is 1. The van der Waals surface area contributed by atoms with Crippen molar-refractivity contribution in [1.82, 2.24) is 4.90 Å². The minimum atomic E-state index is -1.89. The quantitative estimate of drug-likeness (QED) is 0.383. The molecular weight excluding hydrogens is 470 g/mol. The van der Waals surface area contributed by atoms with Crippen molar-refractivity contribution in [2.75, 3.05) is 29.5 Å². The monoisotopic (exact) mass is 503 g/mol. The van der Waals surface area contributed by atoms with E-state index in [-0.39, 0.29) is 31.5 Å². The van der Waals surface area contributed by atoms with Gasteiger partial charge in [-0.2, -0.15) is 0 Å². The highest BCUT2D eigenvalue weighted by atomic mass is 16.3. The number of fused-ring (bicyclic) bond motifs is 1. The van der Waals surface area contributed by atoms with Gasteiger partial charge in [-0.05, 0) is 43.2 Å². The topological polar surface area (TPSA) is 101 Å². The second-order valence-electron chi connectivity index (χ2n) is 9.47. The Hall–Kier alpha value is -3.75. The highest BCUT2D eigenvalue weighted by Gasteiger charge is 2.52. The third-order valence-corrected chi connectivity index (χ3v) is 7.27. The summed E-state index contributed by atoms with van der Waals surface area (Å²) < 4.78 is 0. The summed E-state index contributed by atoms with van der Waals surface area (Å²) in [7, 11) is 0. The summed E-state index contributed by atoms with van der Waals surface area (Å²) in [5.41, 5.74) is 0.225. The molecule has 2 aliphatic heterocycles. The van der Waals surface area contributed by atoms with Crippen LogP contribution in [0.15, 0.2) is 73.3 Å². The van der Waals surface area contributed by atoms with Crippen LogP contribution in [0.25, 0.3) is 0 Å². The van der Waals surface area contributed by atoms with E-state index in [1.165, 1.54) is 9.80 Å². The van der Waals surface area contributed by atoms with Crippen molar-refractivity contribution >= 4 is 35.3 Å². The van der Waals surface area contributed by atoms with E-state index in [4.69, 9.17) is 0 Å². The average molecular weight is 504 g/mol. The normalized spacial score (nSPS) is 21.8. The molecule has 37 heavy (non-hydrogen) atoms. The van der Waals surface area contributed by atoms with Crippen LogP contribution in [-0.2, 0) is 20.0 Å². The molecule has 1 saturated heterocycles. The lowest BCUT2D eigenvalue weighted by Crippen LogP contribution is -2.44. The lowest BCUT2D eigenvalue weighted by atomic mass is 9.82. The fourth-order valence-electron chi connectivity index (χ4n) is 5.24. The lowest BCUT2D eigenvalue weighted by molar-refractivity contribution is -0.139. The first kappa shape index (κ1) is 26.3. The highest BCUT2D eigenvalue weighted by Crippen LogP contribution is 2.47. The van der Waals surface area contributed by atoms with Gasteiger partial charge in [0.25, 0.3) is 5.91 Å². The van der Waals surface area contributed by atoms with Gasteiger partial charge in [0.15, 0.2) is 5.60 Å². The molecule has 0 bridgehead atoms. The first-order valence-corrected chi connectivity index (χ1v) is 12.5. The van der Waals surface area contributed by atoms with E-state index < -0.39 is 17.4 Å². The van der Waals surface area contributed by atoms with Gasteiger partial charge in [0.2, 0.25) is 12.3 Å². The van der Waals surface area contributed by atoms with E-state index in [9.17, 15) is 24.6 Å². The van der Waals surface area contributed by atoms with Crippen LogP contribution in [0.4, 0.5) is 17.1 Å². The molecule has 194 valence electrons. The number of carbonyl (C=O) groups excluding carboxylic acids is 3. The Morgan fingerprint density at radius 2 is 2.00 bits per heavy atom. The summed E-state index contributed by atoms with van der Waals surface area (Å²) in [6.07, 6.45) is 7.41. The zero-order valence-electron chi connectivity index (χ0n) is 21.0. The van der Waals surface area contributed by atoms with Gasteiger partial charge in [-0.15, -0.1) is 6.58 Å². The fourth-order valence-corrected chi connectivity index (χ4v) is 5.24. The molecule has 4 rings (SSSR count). The Morgan fingerprint density at radius 3 is 2.68 bits per heavy atom. The summed E-state index contributed by atoms with van der Waals surface area (Å²) in [4.78, 5) is 42.8. The van der Waals surface area contributed by atoms with Crippen LogP contribution in [-0.4, -0.2) is 59.1 Å². The maximum Gasteiger partial charge on any atom is 0.264 e. The van der Waals surface area contributed by atoms with E-state index in [1.54, 1.807) is 60.4 Å². The third kappa shape index (κ3) is 4.82. The number of amides is 3. The molecule has 8 heteroatoms. The van der Waals surface area contributed by atoms with Crippen molar-refractivity contribution in [3.05, 3.63) is 78.9 Å². The summed E-state index contributed by atoms with van der Waals surface area (Å²) in [6, 6.07) is 14.1. The van der Waals surface area contributed by atoms with Crippen LogP contribution in [0.2, 0.25) is 0 Å². The van der Waals surface area contributed by atoms with Gasteiger partial charge >= 0.3 is 0 Å². The molecule has 2 heterocycles. The number of benzene rings is 2. The van der Waals surface area contributed by atoms with Gasteiger partial charge in [0, 0.05) is 42.4 Å². The molecule has 8 nitrogen and oxygen atoms in total. The van der Waals surface area contributed by atoms with Gasteiger partial charge in [-0.3, -0.25) is 19.3 Å². The standard InChI is InChI=1S/C29H33N3O5/c1-3-16-31-26-15-14-23(32(20-34)22-10-5-4-6-11-22)18-25(26)29(37,28(31)36)21(2)9-7-13-27(35)30-17-8-12-24(30)19-33/h3-7,9-11,14-15,18,20-21,24,33,37H,1,8,12-13,16-17,19H2,2H3/b9-7+/t21-,24+,29+/m1/s1. The number of hydrogen-bond acceptors (Lipinski definition) is 5. The van der Waals surface area contributed by atoms with E-state index in [2.05, 4.69) is 6.58 Å². The SMILES string of the molecule is C=CCN1C(=O)[C@](O)([C@H](C)/C=C/CC(=O)N2CCC[C@H]2CO)c2cc(N(C=O)c3ccccc3)ccc21. The van der Waals surface area contributed by atoms with Crippen LogP contribution < -0.4 is 9.80 Å². The minimum absolute atomic E-state index is 0.0564. The lowest BCUT2D eigenvalue weighted by Gasteiger charge is -2.28. The summed E-state index contributed by atoms with van der Waals surface area (Å²) >= 11 is 0. The molecule has 3 atom stereocenters. The number of anilines is 3. The van der Waals surface area contributed by atoms with Gasteiger partial charge in [0.1, 0.15) is 0 Å². The molecule has 0 saturated carbocycles. The van der Waals surface area contributed by atoms with Crippen molar-refractivity contribution in [2.24, 2.45) is 5.92 Å². The molecule has 2 aromatic carbocycles. The zero-order valence-corrected chi connectivity index (χ0v) is 21.0. The molecule has 0 radical (unpaired) electrons. The maximum atomic E-state index is 13.5. The Bertz CT molecular complexity index is 1200. The molecule has 2 aliphatic rings. The summed E-state index contributed by atoms with van der Waals surface area (Å²) in [6.45, 7) is 6.25. The number of hydrogen-bond donors (Lipinski definition) is 2. The fraction of sp³-hybridized carbons (Fsp3) is 0.345. The maximum absolute atomic E-state index is 13.5. The number of carbonyl (C=O) groups is 3. The predicted octanol–water partition coefficient (Wildman–Crippen LogP) is 3.27. The minimum Gasteiger partial charge on any atom is -0.394 e. The predicted molar refractivity (Wildman–Crippen MR) is 142 cm³/mol. The molecular formula is C29H33N3O5. The molecule has 2 aromatic rings. The second-order valence-corrected chi connectivity index (χ2v) is 9.47. The Kier molecular flexibility index (Phi) is 7.90. The first-order valence-electron chi connectivity index (χ1n) is 12.5. The van der Waals surface area contributed by atoms with E-state index >= 15 is 0 Å². The number of aliphatic hydroxyl groups is 2. The Balaban J connectivity index is 1.64. The van der Waals surface area contributed by atoms with Crippen LogP contribution in [0, 0.1) is 5.92 Å². The van der Waals surface area contributed by atoms with Crippen LogP contribution >= 0.6 is 0 Å². The second kappa shape index (κ2) is 11.1. The number of rotatable bonds is 10. The molecule has 0 spiro atoms. The average Bonchev–Trinajstić information content (AvgIpc) is 3.48. The molecule has 0 aromatic heterocycles. The first-order chi connectivity index (χ1) is 17.9. The van der Waals surface area contributed by atoms with Crippen molar-refractivity contribution in [3.63, 3.8) is 0 Å². The number of nitrogens with zero attached hydrogens (tertiary/aromatic N) is 3. The van der Waals surface area contributed by atoms with Crippen molar-refractivity contribution < 1.29 is 24.6 Å². The van der Waals surface area contributed by atoms with E-state index in [0.29, 0.717) is 35.6 Å². The number of likely N-dealkylation sites (tertiary alicyclic amines) is 1. The molecule has 0 aliphatic carbocycles. The van der Waals surface area contributed by atoms with Crippen molar-refractivity contribution in [2.45, 2.75) is 37.8 Å². The van der Waals surface area contributed by atoms with E-state index in [0.717, 1.165) is 12.8 Å². The van der Waals surface area contributed by atoms with Crippen LogP contribution in [0.5, 0.6) is 0 Å². The number of aliphatic hydroxyl groups excluding tert-OH is 1. The summed E-state index contributed by atoms with van der Waals surface area (Å²) in [5, 5.41) is 21.4. The van der Waals surface area contributed by atoms with Gasteiger partial charge in [-0.1, -0.05) is 43.4 Å². The summed E-state index contributed by atoms with van der Waals surface area (Å²) in [5.74, 6) is -1.24. The van der Waals surface area contributed by atoms with Gasteiger partial charge in [-0.25, -0.2) is 0 Å². The highest BCUT2D eigenvalue weighted by molar-refractivity contribution is 6.08. The Labute approximate surface area is 217 Å². The Morgan fingerprint density at radius 1 is 1.24 bits per heavy atom. The van der Waals surface area contributed by atoms with Crippen LogP contribution in [0.3, 0.4) is 0 Å². The largest absolute Gasteiger partial charge is 0.394 e. The van der Waals surface area contributed by atoms with Crippen molar-refractivity contribution in [1.29, 1.82) is 0 Å². The van der Waals surface area contributed by atoms with Crippen molar-refractivity contribution in [3.8, 4) is 0 Å². The third-order valence-electron chi connectivity index (χ3n) is 7.27. The molecule has 0 unspecified atom stereocenters. The zero-order chi connectivity index (χ0) is 26.6. The smallest absolute Gasteiger partial charge is 0.264 e. The molecule has 3 amide bonds. The van der Waals surface area contributed by atoms with Gasteiger partial charge in [0.05, 0.1) is 18.3 Å². The molecule has 2 N–H and O–H groups in total. The van der Waals surface area contributed by atoms with Gasteiger partial charge < -0.3 is 20.0 Å². The van der Waals surface area contributed by atoms with E-state index in [1.807, 2.05) is 18.2 Å².